The molecular formula is C19H22N2O4. The van der Waals surface area contributed by atoms with Crippen LogP contribution < -0.4 is 0 Å². The van der Waals surface area contributed by atoms with E-state index in [4.69, 9.17) is 0 Å². The topological polar surface area (TPSA) is 74.8 Å². The Bertz CT molecular complexity index is 713. The number of hydrogen-bond donors (Lipinski definition) is 0. The second-order valence-corrected chi connectivity index (χ2v) is 6.93. The Morgan fingerprint density at radius 2 is 1.80 bits per heavy atom. The van der Waals surface area contributed by atoms with E-state index in [1.54, 1.807) is 18.7 Å². The second-order valence-electron chi connectivity index (χ2n) is 6.93. The molecule has 2 atom stereocenters. The number of fused-ring (bicyclic) bond motifs is 1. The third kappa shape index (κ3) is 3.08. The summed E-state index contributed by atoms with van der Waals surface area (Å²) in [7, 11) is 0. The van der Waals surface area contributed by atoms with Crippen molar-refractivity contribution in [2.45, 2.75) is 45.2 Å². The molecular weight excluding hydrogens is 320 g/mol. The Balaban J connectivity index is 1.96. The summed E-state index contributed by atoms with van der Waals surface area (Å²) >= 11 is 0. The van der Waals surface area contributed by atoms with E-state index in [1.165, 1.54) is 0 Å². The first kappa shape index (κ1) is 17.3. The zero-order chi connectivity index (χ0) is 18.1. The van der Waals surface area contributed by atoms with Crippen molar-refractivity contribution in [1.29, 1.82) is 0 Å². The number of hydrogen-bond acceptors (Lipinski definition) is 4. The average Bonchev–Trinajstić information content (AvgIpc) is 3.09. The second kappa shape index (κ2) is 6.78. The monoisotopic (exact) mass is 342 g/mol. The van der Waals surface area contributed by atoms with Crippen molar-refractivity contribution in [3.05, 3.63) is 35.9 Å². The summed E-state index contributed by atoms with van der Waals surface area (Å²) in [5.41, 5.74) is 0.848. The van der Waals surface area contributed by atoms with Crippen LogP contribution in [0.4, 0.5) is 0 Å². The predicted octanol–water partition coefficient (Wildman–Crippen LogP) is 1.18. The molecule has 0 spiro atoms. The molecule has 25 heavy (non-hydrogen) atoms. The van der Waals surface area contributed by atoms with Gasteiger partial charge in [0.1, 0.15) is 12.1 Å². The van der Waals surface area contributed by atoms with Crippen LogP contribution in [-0.4, -0.2) is 51.9 Å². The highest BCUT2D eigenvalue weighted by Crippen LogP contribution is 2.29. The first-order chi connectivity index (χ1) is 11.9. The van der Waals surface area contributed by atoms with Gasteiger partial charge in [-0.3, -0.25) is 24.1 Å². The van der Waals surface area contributed by atoms with Crippen molar-refractivity contribution in [2.24, 2.45) is 5.92 Å². The molecule has 2 aliphatic rings. The van der Waals surface area contributed by atoms with Crippen molar-refractivity contribution in [1.82, 2.24) is 9.80 Å². The van der Waals surface area contributed by atoms with Crippen molar-refractivity contribution in [2.75, 3.05) is 6.54 Å². The lowest BCUT2D eigenvalue weighted by atomic mass is 9.96. The predicted molar refractivity (Wildman–Crippen MR) is 90.4 cm³/mol. The largest absolute Gasteiger partial charge is 0.329 e. The van der Waals surface area contributed by atoms with E-state index in [-0.39, 0.29) is 12.3 Å². The van der Waals surface area contributed by atoms with E-state index in [2.05, 4.69) is 0 Å². The molecule has 1 aromatic rings. The zero-order valence-electron chi connectivity index (χ0n) is 14.5. The van der Waals surface area contributed by atoms with Gasteiger partial charge >= 0.3 is 0 Å². The Labute approximate surface area is 146 Å². The summed E-state index contributed by atoms with van der Waals surface area (Å²) in [5.74, 6) is -2.67. The molecule has 0 aliphatic carbocycles. The zero-order valence-corrected chi connectivity index (χ0v) is 14.5. The highest BCUT2D eigenvalue weighted by Gasteiger charge is 2.51. The highest BCUT2D eigenvalue weighted by atomic mass is 16.2. The van der Waals surface area contributed by atoms with Gasteiger partial charge in [-0.25, -0.2) is 0 Å². The van der Waals surface area contributed by atoms with Gasteiger partial charge in [-0.1, -0.05) is 44.2 Å². The summed E-state index contributed by atoms with van der Waals surface area (Å²) in [6.45, 7) is 3.76. The van der Waals surface area contributed by atoms with Crippen LogP contribution in [0.3, 0.4) is 0 Å². The molecule has 0 bridgehead atoms. The van der Waals surface area contributed by atoms with Crippen LogP contribution in [0.5, 0.6) is 0 Å². The van der Waals surface area contributed by atoms with E-state index in [9.17, 15) is 19.2 Å². The summed E-state index contributed by atoms with van der Waals surface area (Å²) < 4.78 is 0. The van der Waals surface area contributed by atoms with Gasteiger partial charge < -0.3 is 4.90 Å². The lowest BCUT2D eigenvalue weighted by Gasteiger charge is -2.41. The smallest absolute Gasteiger partial charge is 0.297 e. The number of benzene rings is 1. The van der Waals surface area contributed by atoms with E-state index in [0.717, 1.165) is 16.9 Å². The minimum atomic E-state index is -0.945. The molecule has 2 saturated heterocycles. The SMILES string of the molecule is CC(C)C(=O)C(=O)N1C(=O)C2CCCN2C(=O)C1Cc1ccccc1. The third-order valence-electron chi connectivity index (χ3n) is 4.88. The number of amides is 3. The molecule has 6 heteroatoms. The number of piperazine rings is 1. The maximum Gasteiger partial charge on any atom is 0.297 e. The Hall–Kier alpha value is -2.50. The van der Waals surface area contributed by atoms with Gasteiger partial charge in [0.05, 0.1) is 0 Å². The molecule has 3 rings (SSSR count). The molecule has 2 unspecified atom stereocenters. The van der Waals surface area contributed by atoms with Crippen LogP contribution in [0.2, 0.25) is 0 Å². The highest BCUT2D eigenvalue weighted by molar-refractivity contribution is 6.40. The van der Waals surface area contributed by atoms with E-state index < -0.39 is 35.6 Å². The lowest BCUT2D eigenvalue weighted by Crippen LogP contribution is -2.66. The molecule has 3 amide bonds. The molecule has 1 aromatic carbocycles. The fraction of sp³-hybridized carbons (Fsp3) is 0.474. The number of ketones is 1. The maximum atomic E-state index is 12.9. The molecule has 0 N–H and O–H groups in total. The van der Waals surface area contributed by atoms with Crippen LogP contribution in [0.15, 0.2) is 30.3 Å². The van der Waals surface area contributed by atoms with E-state index in [0.29, 0.717) is 13.0 Å². The third-order valence-corrected chi connectivity index (χ3v) is 4.88. The molecule has 132 valence electrons. The van der Waals surface area contributed by atoms with Crippen LogP contribution >= 0.6 is 0 Å². The van der Waals surface area contributed by atoms with E-state index in [1.807, 2.05) is 30.3 Å². The van der Waals surface area contributed by atoms with Gasteiger partial charge in [0.25, 0.3) is 11.8 Å². The van der Waals surface area contributed by atoms with Crippen LogP contribution in [0.25, 0.3) is 0 Å². The number of Topliss-reactive ketones (excluding diaryl/α,β-unsaturated/α-hetero) is 1. The standard InChI is InChI=1S/C19H22N2O4/c1-12(2)16(22)19(25)21-15(11-13-7-4-3-5-8-13)17(23)20-10-6-9-14(20)18(21)24/h3-5,7-8,12,14-15H,6,9-11H2,1-2H3. The van der Waals surface area contributed by atoms with Gasteiger partial charge in [-0.15, -0.1) is 0 Å². The maximum absolute atomic E-state index is 12.9. The first-order valence-corrected chi connectivity index (χ1v) is 8.67. The summed E-state index contributed by atoms with van der Waals surface area (Å²) in [6.07, 6.45) is 1.51. The molecule has 2 aliphatic heterocycles. The number of rotatable bonds is 4. The van der Waals surface area contributed by atoms with Gasteiger partial charge in [-0.2, -0.15) is 0 Å². The quantitative estimate of drug-likeness (QED) is 0.770. The number of carbonyl (C=O) groups excluding carboxylic acids is 4. The summed E-state index contributed by atoms with van der Waals surface area (Å²) in [5, 5.41) is 0. The average molecular weight is 342 g/mol. The lowest BCUT2D eigenvalue weighted by molar-refractivity contribution is -0.168. The van der Waals surface area contributed by atoms with Gasteiger partial charge in [0, 0.05) is 18.9 Å². The minimum Gasteiger partial charge on any atom is -0.329 e. The molecule has 0 saturated carbocycles. The summed E-state index contributed by atoms with van der Waals surface area (Å²) in [4.78, 5) is 53.2. The van der Waals surface area contributed by atoms with E-state index >= 15 is 0 Å². The first-order valence-electron chi connectivity index (χ1n) is 8.67. The number of nitrogens with zero attached hydrogens (tertiary/aromatic N) is 2. The van der Waals surface area contributed by atoms with Crippen LogP contribution in [0.1, 0.15) is 32.3 Å². The molecule has 0 radical (unpaired) electrons. The Kier molecular flexibility index (Phi) is 4.70. The van der Waals surface area contributed by atoms with Gasteiger partial charge in [0.2, 0.25) is 11.7 Å². The normalized spacial score (nSPS) is 23.2. The van der Waals surface area contributed by atoms with Crippen molar-refractivity contribution in [3.8, 4) is 0 Å². The minimum absolute atomic E-state index is 0.228. The Morgan fingerprint density at radius 1 is 1.12 bits per heavy atom. The molecule has 2 heterocycles. The van der Waals surface area contributed by atoms with Crippen molar-refractivity contribution < 1.29 is 19.2 Å². The molecule has 6 nitrogen and oxygen atoms in total. The van der Waals surface area contributed by atoms with Gasteiger partial charge in [0.15, 0.2) is 0 Å². The number of carbonyl (C=O) groups is 4. The Morgan fingerprint density at radius 3 is 2.44 bits per heavy atom. The van der Waals surface area contributed by atoms with Crippen LogP contribution in [0, 0.1) is 5.92 Å². The summed E-state index contributed by atoms with van der Waals surface area (Å²) in [6, 6.07) is 7.69. The fourth-order valence-electron chi connectivity index (χ4n) is 3.53. The van der Waals surface area contributed by atoms with Crippen LogP contribution in [-0.2, 0) is 25.6 Å². The number of imide groups is 1. The van der Waals surface area contributed by atoms with Crippen molar-refractivity contribution in [3.63, 3.8) is 0 Å². The molecule has 0 aromatic heterocycles. The molecule has 2 fully saturated rings. The fourth-order valence-corrected chi connectivity index (χ4v) is 3.53. The van der Waals surface area contributed by atoms with Crippen molar-refractivity contribution >= 4 is 23.5 Å². The van der Waals surface area contributed by atoms with Gasteiger partial charge in [-0.05, 0) is 18.4 Å².